The lowest BCUT2D eigenvalue weighted by molar-refractivity contribution is -0.148. The SMILES string of the molecule is Cc1ccc(/C=C/C(=O)O[C@H](C)C(=O)Nc2sc3c(c2C#N)CCCCC3)s1. The highest BCUT2D eigenvalue weighted by Crippen LogP contribution is 2.37. The third-order valence-electron chi connectivity index (χ3n) is 4.58. The summed E-state index contributed by atoms with van der Waals surface area (Å²) in [7, 11) is 0. The van der Waals surface area contributed by atoms with Gasteiger partial charge in [0.2, 0.25) is 0 Å². The van der Waals surface area contributed by atoms with Crippen LogP contribution < -0.4 is 5.32 Å². The Hall–Kier alpha value is -2.43. The van der Waals surface area contributed by atoms with E-state index in [1.807, 2.05) is 19.1 Å². The zero-order valence-corrected chi connectivity index (χ0v) is 17.5. The summed E-state index contributed by atoms with van der Waals surface area (Å²) in [4.78, 5) is 27.7. The number of esters is 1. The van der Waals surface area contributed by atoms with Crippen molar-refractivity contribution in [2.24, 2.45) is 0 Å². The van der Waals surface area contributed by atoms with Gasteiger partial charge in [0.15, 0.2) is 6.10 Å². The topological polar surface area (TPSA) is 79.2 Å². The minimum atomic E-state index is -0.948. The first-order chi connectivity index (χ1) is 13.5. The minimum absolute atomic E-state index is 0.429. The van der Waals surface area contributed by atoms with Gasteiger partial charge in [-0.15, -0.1) is 22.7 Å². The molecule has 0 aromatic carbocycles. The Morgan fingerprint density at radius 2 is 2.04 bits per heavy atom. The summed E-state index contributed by atoms with van der Waals surface area (Å²) in [6.07, 6.45) is 7.21. The van der Waals surface area contributed by atoms with Crippen LogP contribution >= 0.6 is 22.7 Å². The fourth-order valence-electron chi connectivity index (χ4n) is 3.12. The van der Waals surface area contributed by atoms with E-state index in [2.05, 4.69) is 11.4 Å². The first-order valence-corrected chi connectivity index (χ1v) is 10.9. The largest absolute Gasteiger partial charge is 0.449 e. The van der Waals surface area contributed by atoms with E-state index in [4.69, 9.17) is 4.74 Å². The van der Waals surface area contributed by atoms with E-state index in [0.717, 1.165) is 41.0 Å². The Morgan fingerprint density at radius 1 is 1.25 bits per heavy atom. The van der Waals surface area contributed by atoms with Crippen LogP contribution in [0.3, 0.4) is 0 Å². The van der Waals surface area contributed by atoms with Crippen LogP contribution in [0.25, 0.3) is 6.08 Å². The zero-order chi connectivity index (χ0) is 20.1. The van der Waals surface area contributed by atoms with Gasteiger partial charge in [0.05, 0.1) is 5.56 Å². The number of rotatable bonds is 5. The molecule has 0 saturated heterocycles. The van der Waals surface area contributed by atoms with Crippen molar-refractivity contribution in [3.63, 3.8) is 0 Å². The maximum Gasteiger partial charge on any atom is 0.331 e. The molecule has 0 aliphatic heterocycles. The first kappa shape index (κ1) is 20.3. The predicted molar refractivity (Wildman–Crippen MR) is 113 cm³/mol. The molecule has 1 aliphatic carbocycles. The average Bonchev–Trinajstić information content (AvgIpc) is 3.14. The Morgan fingerprint density at radius 3 is 2.75 bits per heavy atom. The van der Waals surface area contributed by atoms with Gasteiger partial charge in [0, 0.05) is 20.7 Å². The molecule has 0 bridgehead atoms. The van der Waals surface area contributed by atoms with Crippen LogP contribution in [0.2, 0.25) is 0 Å². The van der Waals surface area contributed by atoms with Crippen LogP contribution in [0.1, 0.15) is 51.9 Å². The van der Waals surface area contributed by atoms with E-state index >= 15 is 0 Å². The summed E-state index contributed by atoms with van der Waals surface area (Å²) in [5.41, 5.74) is 1.63. The second-order valence-corrected chi connectivity index (χ2v) is 9.16. The van der Waals surface area contributed by atoms with Gasteiger partial charge in [0.1, 0.15) is 11.1 Å². The van der Waals surface area contributed by atoms with Crippen LogP contribution in [0, 0.1) is 18.3 Å². The van der Waals surface area contributed by atoms with Crippen LogP contribution in [-0.4, -0.2) is 18.0 Å². The van der Waals surface area contributed by atoms with E-state index in [-0.39, 0.29) is 0 Å². The molecule has 0 unspecified atom stereocenters. The third kappa shape index (κ3) is 4.89. The molecule has 0 fully saturated rings. The average molecular weight is 415 g/mol. The molecule has 0 radical (unpaired) electrons. The number of nitrogens with one attached hydrogen (secondary N) is 1. The third-order valence-corrected chi connectivity index (χ3v) is 6.75. The molecule has 2 aromatic rings. The normalized spacial score (nSPS) is 14.8. The Bertz CT molecular complexity index is 949. The summed E-state index contributed by atoms with van der Waals surface area (Å²) in [6, 6.07) is 6.13. The van der Waals surface area contributed by atoms with Crippen LogP contribution in [0.15, 0.2) is 18.2 Å². The van der Waals surface area contributed by atoms with Crippen molar-refractivity contribution >= 4 is 45.6 Å². The van der Waals surface area contributed by atoms with E-state index in [1.54, 1.807) is 17.4 Å². The quantitative estimate of drug-likeness (QED) is 0.431. The standard InChI is InChI=1S/C21H22N2O3S2/c1-13-8-9-15(27-13)10-11-19(24)26-14(2)20(25)23-21-17(12-22)16-6-4-3-5-7-18(16)28-21/h8-11,14H,3-7H2,1-2H3,(H,23,25)/b11-10+/t14-/m1/s1. The lowest BCUT2D eigenvalue weighted by Crippen LogP contribution is -2.29. The molecule has 2 heterocycles. The van der Waals surface area contributed by atoms with Gasteiger partial charge < -0.3 is 10.1 Å². The second kappa shape index (κ2) is 9.18. The number of anilines is 1. The number of thiophene rings is 2. The van der Waals surface area contributed by atoms with E-state index in [0.29, 0.717) is 10.6 Å². The highest BCUT2D eigenvalue weighted by atomic mass is 32.1. The molecule has 0 spiro atoms. The number of ether oxygens (including phenoxy) is 1. The Balaban J connectivity index is 1.62. The summed E-state index contributed by atoms with van der Waals surface area (Å²) in [6.45, 7) is 3.52. The summed E-state index contributed by atoms with van der Waals surface area (Å²) in [5, 5.41) is 12.9. The van der Waals surface area contributed by atoms with Crippen molar-refractivity contribution in [1.82, 2.24) is 0 Å². The number of fused-ring (bicyclic) bond motifs is 1. The maximum atomic E-state index is 12.5. The molecule has 28 heavy (non-hydrogen) atoms. The smallest absolute Gasteiger partial charge is 0.331 e. The lowest BCUT2D eigenvalue weighted by Gasteiger charge is -2.11. The Labute approximate surface area is 172 Å². The molecule has 3 rings (SSSR count). The number of amides is 1. The molecule has 1 amide bonds. The second-order valence-electron chi connectivity index (χ2n) is 6.73. The van der Waals surface area contributed by atoms with Gasteiger partial charge in [-0.3, -0.25) is 4.79 Å². The summed E-state index contributed by atoms with van der Waals surface area (Å²) >= 11 is 3.04. The van der Waals surface area contributed by atoms with Crippen molar-refractivity contribution in [1.29, 1.82) is 5.26 Å². The summed E-state index contributed by atoms with van der Waals surface area (Å²) in [5.74, 6) is -1.00. The number of carbonyl (C=O) groups is 2. The molecule has 7 heteroatoms. The molecular weight excluding hydrogens is 392 g/mol. The van der Waals surface area contributed by atoms with Crippen LogP contribution in [0.4, 0.5) is 5.00 Å². The van der Waals surface area contributed by atoms with Crippen molar-refractivity contribution in [2.45, 2.75) is 52.1 Å². The first-order valence-electron chi connectivity index (χ1n) is 9.28. The highest BCUT2D eigenvalue weighted by Gasteiger charge is 2.23. The van der Waals surface area contributed by atoms with Gasteiger partial charge >= 0.3 is 5.97 Å². The fraction of sp³-hybridized carbons (Fsp3) is 0.381. The molecule has 1 N–H and O–H groups in total. The van der Waals surface area contributed by atoms with E-state index in [9.17, 15) is 14.9 Å². The van der Waals surface area contributed by atoms with Crippen LogP contribution in [0.5, 0.6) is 0 Å². The highest BCUT2D eigenvalue weighted by molar-refractivity contribution is 7.16. The molecule has 0 saturated carbocycles. The lowest BCUT2D eigenvalue weighted by atomic mass is 10.1. The monoisotopic (exact) mass is 414 g/mol. The molecule has 2 aromatic heterocycles. The number of nitrogens with zero attached hydrogens (tertiary/aromatic N) is 1. The molecule has 146 valence electrons. The number of hydrogen-bond donors (Lipinski definition) is 1. The van der Waals surface area contributed by atoms with Gasteiger partial charge in [-0.1, -0.05) is 6.42 Å². The van der Waals surface area contributed by atoms with Crippen LogP contribution in [-0.2, 0) is 27.2 Å². The van der Waals surface area contributed by atoms with Crippen molar-refractivity contribution in [3.8, 4) is 6.07 Å². The van der Waals surface area contributed by atoms with Gasteiger partial charge in [0.25, 0.3) is 5.91 Å². The number of hydrogen-bond acceptors (Lipinski definition) is 6. The molecule has 1 atom stereocenters. The van der Waals surface area contributed by atoms with E-state index < -0.39 is 18.0 Å². The zero-order valence-electron chi connectivity index (χ0n) is 15.9. The molecule has 1 aliphatic rings. The predicted octanol–water partition coefficient (Wildman–Crippen LogP) is 4.84. The number of nitriles is 1. The molecular formula is C21H22N2O3S2. The number of aryl methyl sites for hydroxylation is 2. The maximum absolute atomic E-state index is 12.5. The van der Waals surface area contributed by atoms with Crippen molar-refractivity contribution in [2.75, 3.05) is 5.32 Å². The van der Waals surface area contributed by atoms with Crippen molar-refractivity contribution in [3.05, 3.63) is 44.0 Å². The minimum Gasteiger partial charge on any atom is -0.449 e. The summed E-state index contributed by atoms with van der Waals surface area (Å²) < 4.78 is 5.20. The van der Waals surface area contributed by atoms with Crippen molar-refractivity contribution < 1.29 is 14.3 Å². The number of carbonyl (C=O) groups excluding carboxylic acids is 2. The van der Waals surface area contributed by atoms with Gasteiger partial charge in [-0.25, -0.2) is 4.79 Å². The van der Waals surface area contributed by atoms with Gasteiger partial charge in [-0.05, 0) is 63.3 Å². The Kier molecular flexibility index (Phi) is 6.65. The van der Waals surface area contributed by atoms with E-state index in [1.165, 1.54) is 35.6 Å². The van der Waals surface area contributed by atoms with Gasteiger partial charge in [-0.2, -0.15) is 5.26 Å². The molecule has 5 nitrogen and oxygen atoms in total. The fourth-order valence-corrected chi connectivity index (χ4v) is 5.15.